The molecule has 0 aliphatic rings. The monoisotopic (exact) mass is 191 g/mol. The highest BCUT2D eigenvalue weighted by molar-refractivity contribution is 5.94. The fourth-order valence-electron chi connectivity index (χ4n) is 1.19. The van der Waals surface area contributed by atoms with Crippen LogP contribution in [0.15, 0.2) is 24.3 Å². The number of hydrogen-bond acceptors (Lipinski definition) is 1. The lowest BCUT2D eigenvalue weighted by Gasteiger charge is -2.03. The third kappa shape index (κ3) is 3.21. The molecule has 1 aromatic rings. The average Bonchev–Trinajstić information content (AvgIpc) is 2.19. The summed E-state index contributed by atoms with van der Waals surface area (Å²) in [6, 6.07) is 7.62. The summed E-state index contributed by atoms with van der Waals surface area (Å²) in [5.74, 6) is 0.0263. The first-order valence-corrected chi connectivity index (χ1v) is 5.09. The largest absolute Gasteiger partial charge is 0.352 e. The third-order valence-corrected chi connectivity index (χ3v) is 2.13. The van der Waals surface area contributed by atoms with E-state index in [2.05, 4.69) is 12.2 Å². The standard InChI is InChI=1S/C12H17NO/c1-3-4-9-13-12(14)11-7-5-10(2)6-8-11/h5-8H,3-4,9H2,1-2H3,(H,13,14). The Hall–Kier alpha value is -1.31. The summed E-state index contributed by atoms with van der Waals surface area (Å²) < 4.78 is 0. The lowest BCUT2D eigenvalue weighted by atomic mass is 10.1. The number of rotatable bonds is 4. The van der Waals surface area contributed by atoms with Crippen molar-refractivity contribution in [2.75, 3.05) is 6.54 Å². The van der Waals surface area contributed by atoms with Crippen LogP contribution in [0.1, 0.15) is 35.7 Å². The van der Waals surface area contributed by atoms with Gasteiger partial charge in [0, 0.05) is 12.1 Å². The molecular formula is C12H17NO. The van der Waals surface area contributed by atoms with Crippen molar-refractivity contribution < 1.29 is 4.79 Å². The minimum Gasteiger partial charge on any atom is -0.352 e. The van der Waals surface area contributed by atoms with Crippen LogP contribution in [-0.4, -0.2) is 12.5 Å². The van der Waals surface area contributed by atoms with Gasteiger partial charge in [0.05, 0.1) is 0 Å². The minimum atomic E-state index is 0.0263. The Kier molecular flexibility index (Phi) is 4.17. The van der Waals surface area contributed by atoms with Crippen molar-refractivity contribution in [3.05, 3.63) is 35.4 Å². The van der Waals surface area contributed by atoms with E-state index in [1.807, 2.05) is 31.2 Å². The smallest absolute Gasteiger partial charge is 0.251 e. The highest BCUT2D eigenvalue weighted by atomic mass is 16.1. The van der Waals surface area contributed by atoms with E-state index < -0.39 is 0 Å². The van der Waals surface area contributed by atoms with Crippen LogP contribution in [0.4, 0.5) is 0 Å². The van der Waals surface area contributed by atoms with E-state index in [1.165, 1.54) is 5.56 Å². The maximum Gasteiger partial charge on any atom is 0.251 e. The Bertz CT molecular complexity index is 290. The highest BCUT2D eigenvalue weighted by Crippen LogP contribution is 2.02. The molecule has 0 heterocycles. The molecule has 14 heavy (non-hydrogen) atoms. The summed E-state index contributed by atoms with van der Waals surface area (Å²) in [7, 11) is 0. The van der Waals surface area contributed by atoms with Crippen molar-refractivity contribution in [3.8, 4) is 0 Å². The van der Waals surface area contributed by atoms with E-state index in [4.69, 9.17) is 0 Å². The molecule has 1 aromatic carbocycles. The van der Waals surface area contributed by atoms with Crippen LogP contribution in [0.2, 0.25) is 0 Å². The van der Waals surface area contributed by atoms with Crippen LogP contribution >= 0.6 is 0 Å². The van der Waals surface area contributed by atoms with Crippen molar-refractivity contribution in [1.82, 2.24) is 5.32 Å². The molecule has 0 atom stereocenters. The van der Waals surface area contributed by atoms with Crippen LogP contribution < -0.4 is 5.32 Å². The van der Waals surface area contributed by atoms with E-state index in [1.54, 1.807) is 0 Å². The molecule has 0 saturated heterocycles. The van der Waals surface area contributed by atoms with Gasteiger partial charge >= 0.3 is 0 Å². The first-order valence-electron chi connectivity index (χ1n) is 5.09. The summed E-state index contributed by atoms with van der Waals surface area (Å²) >= 11 is 0. The fraction of sp³-hybridized carbons (Fsp3) is 0.417. The van der Waals surface area contributed by atoms with Gasteiger partial charge in [0.1, 0.15) is 0 Å². The minimum absolute atomic E-state index is 0.0263. The summed E-state index contributed by atoms with van der Waals surface area (Å²) in [6.45, 7) is 4.89. The molecule has 0 spiro atoms. The molecule has 2 nitrogen and oxygen atoms in total. The number of amides is 1. The summed E-state index contributed by atoms with van der Waals surface area (Å²) in [5.41, 5.74) is 1.92. The van der Waals surface area contributed by atoms with Gasteiger partial charge in [0.15, 0.2) is 0 Å². The number of carbonyl (C=O) groups is 1. The molecule has 0 bridgehead atoms. The van der Waals surface area contributed by atoms with E-state index >= 15 is 0 Å². The molecule has 0 aromatic heterocycles. The van der Waals surface area contributed by atoms with Gasteiger partial charge in [0.2, 0.25) is 0 Å². The molecule has 0 aliphatic heterocycles. The van der Waals surface area contributed by atoms with Crippen LogP contribution in [0.5, 0.6) is 0 Å². The second-order valence-corrected chi connectivity index (χ2v) is 3.48. The number of hydrogen-bond donors (Lipinski definition) is 1. The fourth-order valence-corrected chi connectivity index (χ4v) is 1.19. The predicted octanol–water partition coefficient (Wildman–Crippen LogP) is 2.52. The van der Waals surface area contributed by atoms with Gasteiger partial charge in [-0.15, -0.1) is 0 Å². The summed E-state index contributed by atoms with van der Waals surface area (Å²) in [6.07, 6.45) is 2.14. The number of unbranched alkanes of at least 4 members (excludes halogenated alkanes) is 1. The zero-order chi connectivity index (χ0) is 10.4. The van der Waals surface area contributed by atoms with Gasteiger partial charge in [-0.2, -0.15) is 0 Å². The lowest BCUT2D eigenvalue weighted by molar-refractivity contribution is 0.0953. The molecule has 0 unspecified atom stereocenters. The number of aryl methyl sites for hydroxylation is 1. The zero-order valence-electron chi connectivity index (χ0n) is 8.84. The predicted molar refractivity (Wildman–Crippen MR) is 58.4 cm³/mol. The van der Waals surface area contributed by atoms with Crippen LogP contribution in [0.25, 0.3) is 0 Å². The topological polar surface area (TPSA) is 29.1 Å². The summed E-state index contributed by atoms with van der Waals surface area (Å²) in [5, 5.41) is 2.88. The second-order valence-electron chi connectivity index (χ2n) is 3.48. The molecule has 0 radical (unpaired) electrons. The van der Waals surface area contributed by atoms with Gasteiger partial charge < -0.3 is 5.32 Å². The molecule has 76 valence electrons. The van der Waals surface area contributed by atoms with E-state index in [0.717, 1.165) is 24.9 Å². The number of nitrogens with one attached hydrogen (secondary N) is 1. The van der Waals surface area contributed by atoms with Gasteiger partial charge in [-0.05, 0) is 25.5 Å². The molecule has 0 saturated carbocycles. The van der Waals surface area contributed by atoms with E-state index in [-0.39, 0.29) is 5.91 Å². The maximum atomic E-state index is 11.5. The highest BCUT2D eigenvalue weighted by Gasteiger charge is 2.02. The van der Waals surface area contributed by atoms with Crippen molar-refractivity contribution in [3.63, 3.8) is 0 Å². The van der Waals surface area contributed by atoms with Gasteiger partial charge in [0.25, 0.3) is 5.91 Å². The molecule has 1 N–H and O–H groups in total. The van der Waals surface area contributed by atoms with Gasteiger partial charge in [-0.3, -0.25) is 4.79 Å². The van der Waals surface area contributed by atoms with E-state index in [0.29, 0.717) is 0 Å². The molecule has 2 heteroatoms. The van der Waals surface area contributed by atoms with Crippen LogP contribution in [-0.2, 0) is 0 Å². The Morgan fingerprint density at radius 3 is 2.50 bits per heavy atom. The Labute approximate surface area is 85.3 Å². The first-order chi connectivity index (χ1) is 6.74. The first kappa shape index (κ1) is 10.8. The molecule has 0 fully saturated rings. The van der Waals surface area contributed by atoms with Crippen molar-refractivity contribution in [2.45, 2.75) is 26.7 Å². The van der Waals surface area contributed by atoms with Crippen LogP contribution in [0, 0.1) is 6.92 Å². The third-order valence-electron chi connectivity index (χ3n) is 2.13. The average molecular weight is 191 g/mol. The number of carbonyl (C=O) groups excluding carboxylic acids is 1. The summed E-state index contributed by atoms with van der Waals surface area (Å²) in [4.78, 5) is 11.5. The molecular weight excluding hydrogens is 174 g/mol. The molecule has 0 aliphatic carbocycles. The number of benzene rings is 1. The lowest BCUT2D eigenvalue weighted by Crippen LogP contribution is -2.24. The maximum absolute atomic E-state index is 11.5. The Morgan fingerprint density at radius 2 is 1.93 bits per heavy atom. The second kappa shape index (κ2) is 5.43. The van der Waals surface area contributed by atoms with Crippen molar-refractivity contribution in [2.24, 2.45) is 0 Å². The molecule has 1 amide bonds. The SMILES string of the molecule is CCCCNC(=O)c1ccc(C)cc1. The van der Waals surface area contributed by atoms with Crippen LogP contribution in [0.3, 0.4) is 0 Å². The molecule has 1 rings (SSSR count). The normalized spacial score (nSPS) is 9.86. The van der Waals surface area contributed by atoms with Gasteiger partial charge in [-0.1, -0.05) is 31.0 Å². The van der Waals surface area contributed by atoms with E-state index in [9.17, 15) is 4.79 Å². The Balaban J connectivity index is 2.48. The van der Waals surface area contributed by atoms with Crippen molar-refractivity contribution >= 4 is 5.91 Å². The Morgan fingerprint density at radius 1 is 1.29 bits per heavy atom. The zero-order valence-corrected chi connectivity index (χ0v) is 8.84. The van der Waals surface area contributed by atoms with Gasteiger partial charge in [-0.25, -0.2) is 0 Å². The van der Waals surface area contributed by atoms with Crippen molar-refractivity contribution in [1.29, 1.82) is 0 Å². The quantitative estimate of drug-likeness (QED) is 0.728.